The second kappa shape index (κ2) is 5.78. The number of phenolic OH excluding ortho intramolecular Hbond substituents is 1. The lowest BCUT2D eigenvalue weighted by Gasteiger charge is -2.24. The normalized spacial score (nSPS) is 11.1. The molecule has 0 atom stereocenters. The topological polar surface area (TPSA) is 49.3 Å². The van der Waals surface area contributed by atoms with E-state index in [1.165, 1.54) is 0 Å². The van der Waals surface area contributed by atoms with E-state index in [1.54, 1.807) is 24.3 Å². The van der Waals surface area contributed by atoms with Gasteiger partial charge in [-0.25, -0.2) is 0 Å². The highest BCUT2D eigenvalue weighted by Crippen LogP contribution is 2.28. The molecular formula is C17H19NO2. The number of benzene rings is 2. The largest absolute Gasteiger partial charge is 0.506 e. The van der Waals surface area contributed by atoms with Gasteiger partial charge in [-0.15, -0.1) is 0 Å². The quantitative estimate of drug-likeness (QED) is 0.831. The minimum atomic E-state index is -0.254. The number of aromatic hydroxyl groups is 1. The zero-order valence-corrected chi connectivity index (χ0v) is 11.8. The highest BCUT2D eigenvalue weighted by molar-refractivity contribution is 5.92. The van der Waals surface area contributed by atoms with Gasteiger partial charge in [0.25, 0.3) is 0 Å². The third kappa shape index (κ3) is 3.38. The summed E-state index contributed by atoms with van der Waals surface area (Å²) in [6.45, 7) is 4.07. The molecule has 0 aliphatic carbocycles. The van der Waals surface area contributed by atoms with E-state index in [-0.39, 0.29) is 17.1 Å². The zero-order valence-electron chi connectivity index (χ0n) is 11.8. The van der Waals surface area contributed by atoms with Crippen LogP contribution in [-0.4, -0.2) is 11.0 Å². The van der Waals surface area contributed by atoms with Crippen LogP contribution in [0.3, 0.4) is 0 Å². The third-order valence-corrected chi connectivity index (χ3v) is 3.34. The van der Waals surface area contributed by atoms with Crippen LogP contribution in [0.1, 0.15) is 25.8 Å². The van der Waals surface area contributed by atoms with Crippen molar-refractivity contribution in [2.24, 2.45) is 0 Å². The first-order valence-corrected chi connectivity index (χ1v) is 6.62. The van der Waals surface area contributed by atoms with Crippen molar-refractivity contribution in [2.75, 3.05) is 5.32 Å². The lowest BCUT2D eigenvalue weighted by Crippen LogP contribution is -2.25. The fraction of sp³-hybridized carbons (Fsp3) is 0.235. The number of hydrogen-bond acceptors (Lipinski definition) is 2. The minimum Gasteiger partial charge on any atom is -0.506 e. The summed E-state index contributed by atoms with van der Waals surface area (Å²) in [4.78, 5) is 12.1. The lowest BCUT2D eigenvalue weighted by molar-refractivity contribution is -0.117. The Kier molecular flexibility index (Phi) is 4.08. The highest BCUT2D eigenvalue weighted by atomic mass is 16.3. The number of anilines is 1. The molecule has 0 aliphatic heterocycles. The predicted molar refractivity (Wildman–Crippen MR) is 80.8 cm³/mol. The van der Waals surface area contributed by atoms with Crippen LogP contribution < -0.4 is 5.32 Å². The van der Waals surface area contributed by atoms with Crippen LogP contribution >= 0.6 is 0 Å². The molecule has 0 heterocycles. The van der Waals surface area contributed by atoms with Gasteiger partial charge >= 0.3 is 0 Å². The Hall–Kier alpha value is -2.29. The number of rotatable bonds is 4. The first-order valence-electron chi connectivity index (χ1n) is 6.62. The molecule has 2 aromatic carbocycles. The van der Waals surface area contributed by atoms with Gasteiger partial charge in [-0.1, -0.05) is 56.3 Å². The maximum atomic E-state index is 12.1. The van der Waals surface area contributed by atoms with Crippen molar-refractivity contribution in [1.82, 2.24) is 0 Å². The average Bonchev–Trinajstić information content (AvgIpc) is 2.42. The number of nitrogens with one attached hydrogen (secondary N) is 1. The Bertz CT molecular complexity index is 591. The summed E-state index contributed by atoms with van der Waals surface area (Å²) >= 11 is 0. The van der Waals surface area contributed by atoms with Crippen molar-refractivity contribution < 1.29 is 9.90 Å². The average molecular weight is 269 g/mol. The Morgan fingerprint density at radius 1 is 1.05 bits per heavy atom. The van der Waals surface area contributed by atoms with Gasteiger partial charge in [-0.3, -0.25) is 4.79 Å². The van der Waals surface area contributed by atoms with Crippen molar-refractivity contribution in [1.29, 1.82) is 0 Å². The van der Waals surface area contributed by atoms with E-state index >= 15 is 0 Å². The SMILES string of the molecule is CC(C)(CC(=O)Nc1ccccc1O)c1ccccc1. The van der Waals surface area contributed by atoms with E-state index < -0.39 is 0 Å². The van der Waals surface area contributed by atoms with Gasteiger partial charge in [0.15, 0.2) is 0 Å². The molecule has 1 amide bonds. The van der Waals surface area contributed by atoms with Crippen LogP contribution in [0.15, 0.2) is 54.6 Å². The van der Waals surface area contributed by atoms with Crippen LogP contribution in [0.4, 0.5) is 5.69 Å². The van der Waals surface area contributed by atoms with Gasteiger partial charge in [-0.2, -0.15) is 0 Å². The van der Waals surface area contributed by atoms with Crippen molar-refractivity contribution in [3.8, 4) is 5.75 Å². The molecule has 0 bridgehead atoms. The van der Waals surface area contributed by atoms with Crippen LogP contribution in [0.25, 0.3) is 0 Å². The molecule has 0 spiro atoms. The van der Waals surface area contributed by atoms with Crippen molar-refractivity contribution in [2.45, 2.75) is 25.7 Å². The summed E-state index contributed by atoms with van der Waals surface area (Å²) < 4.78 is 0. The van der Waals surface area contributed by atoms with E-state index in [2.05, 4.69) is 5.32 Å². The minimum absolute atomic E-state index is 0.0818. The molecule has 2 aromatic rings. The van der Waals surface area contributed by atoms with Gasteiger partial charge in [-0.05, 0) is 23.1 Å². The number of amides is 1. The molecule has 104 valence electrons. The van der Waals surface area contributed by atoms with Gasteiger partial charge in [0, 0.05) is 6.42 Å². The zero-order chi connectivity index (χ0) is 14.6. The number of phenols is 1. The Morgan fingerprint density at radius 2 is 1.65 bits per heavy atom. The molecular weight excluding hydrogens is 250 g/mol. The second-order valence-electron chi connectivity index (χ2n) is 5.49. The Labute approximate surface area is 119 Å². The fourth-order valence-electron chi connectivity index (χ4n) is 2.17. The Morgan fingerprint density at radius 3 is 2.30 bits per heavy atom. The summed E-state index contributed by atoms with van der Waals surface area (Å²) in [6, 6.07) is 16.7. The molecule has 0 aliphatic rings. The van der Waals surface area contributed by atoms with Crippen molar-refractivity contribution in [3.63, 3.8) is 0 Å². The molecule has 0 radical (unpaired) electrons. The van der Waals surface area contributed by atoms with E-state index in [4.69, 9.17) is 0 Å². The van der Waals surface area contributed by atoms with Crippen LogP contribution in [-0.2, 0) is 10.2 Å². The first kappa shape index (κ1) is 14.1. The number of hydrogen-bond donors (Lipinski definition) is 2. The predicted octanol–water partition coefficient (Wildman–Crippen LogP) is 3.70. The second-order valence-corrected chi connectivity index (χ2v) is 5.49. The van der Waals surface area contributed by atoms with E-state index in [0.717, 1.165) is 5.56 Å². The molecule has 2 N–H and O–H groups in total. The molecule has 0 saturated heterocycles. The molecule has 20 heavy (non-hydrogen) atoms. The summed E-state index contributed by atoms with van der Waals surface area (Å²) in [5.41, 5.74) is 1.31. The maximum absolute atomic E-state index is 12.1. The molecule has 3 nitrogen and oxygen atoms in total. The summed E-state index contributed by atoms with van der Waals surface area (Å²) in [7, 11) is 0. The third-order valence-electron chi connectivity index (χ3n) is 3.34. The smallest absolute Gasteiger partial charge is 0.225 e. The van der Waals surface area contributed by atoms with E-state index in [1.807, 2.05) is 44.2 Å². The number of carbonyl (C=O) groups excluding carboxylic acids is 1. The first-order chi connectivity index (χ1) is 9.49. The summed E-state index contributed by atoms with van der Waals surface area (Å²) in [5.74, 6) is -0.0290. The molecule has 0 unspecified atom stereocenters. The fourth-order valence-corrected chi connectivity index (χ4v) is 2.17. The molecule has 3 heteroatoms. The van der Waals surface area contributed by atoms with Crippen molar-refractivity contribution in [3.05, 3.63) is 60.2 Å². The number of carbonyl (C=O) groups is 1. The van der Waals surface area contributed by atoms with Crippen LogP contribution in [0.5, 0.6) is 5.75 Å². The standard InChI is InChI=1S/C17H19NO2/c1-17(2,13-8-4-3-5-9-13)12-16(20)18-14-10-6-7-11-15(14)19/h3-11,19H,12H2,1-2H3,(H,18,20). The maximum Gasteiger partial charge on any atom is 0.225 e. The number of para-hydroxylation sites is 2. The van der Waals surface area contributed by atoms with E-state index in [9.17, 15) is 9.90 Å². The van der Waals surface area contributed by atoms with Gasteiger partial charge < -0.3 is 10.4 Å². The summed E-state index contributed by atoms with van der Waals surface area (Å²) in [6.07, 6.45) is 0.353. The molecule has 2 rings (SSSR count). The van der Waals surface area contributed by atoms with Crippen LogP contribution in [0, 0.1) is 0 Å². The van der Waals surface area contributed by atoms with Gasteiger partial charge in [0.1, 0.15) is 5.75 Å². The molecule has 0 aromatic heterocycles. The lowest BCUT2D eigenvalue weighted by atomic mass is 9.81. The van der Waals surface area contributed by atoms with Gasteiger partial charge in [0.2, 0.25) is 5.91 Å². The summed E-state index contributed by atoms with van der Waals surface area (Å²) in [5, 5.41) is 12.4. The van der Waals surface area contributed by atoms with E-state index in [0.29, 0.717) is 12.1 Å². The molecule has 0 fully saturated rings. The van der Waals surface area contributed by atoms with Gasteiger partial charge in [0.05, 0.1) is 5.69 Å². The Balaban J connectivity index is 2.07. The monoisotopic (exact) mass is 269 g/mol. The highest BCUT2D eigenvalue weighted by Gasteiger charge is 2.24. The van der Waals surface area contributed by atoms with Crippen molar-refractivity contribution >= 4 is 11.6 Å². The molecule has 0 saturated carbocycles. The van der Waals surface area contributed by atoms with Crippen LogP contribution in [0.2, 0.25) is 0 Å².